The van der Waals surface area contributed by atoms with Crippen LogP contribution in [0.5, 0.6) is 5.75 Å². The molecular weight excluding hydrogens is 268 g/mol. The average Bonchev–Trinajstić information content (AvgIpc) is 2.80. The first-order valence-electron chi connectivity index (χ1n) is 5.60. The molecule has 0 aliphatic carbocycles. The van der Waals surface area contributed by atoms with Crippen molar-refractivity contribution in [2.75, 3.05) is 12.4 Å². The van der Waals surface area contributed by atoms with Crippen molar-refractivity contribution in [3.05, 3.63) is 40.2 Å². The number of halogens is 1. The number of hydrogen-bond acceptors (Lipinski definition) is 4. The summed E-state index contributed by atoms with van der Waals surface area (Å²) in [6, 6.07) is 4.96. The Kier molecular flexibility index (Phi) is 3.76. The fraction of sp³-hybridized carbons (Fsp3) is 0.231. The van der Waals surface area contributed by atoms with Gasteiger partial charge in [0.15, 0.2) is 5.69 Å². The van der Waals surface area contributed by atoms with E-state index in [4.69, 9.17) is 20.9 Å². The number of benzene rings is 1. The highest BCUT2D eigenvalue weighted by molar-refractivity contribution is 6.31. The highest BCUT2D eigenvalue weighted by Gasteiger charge is 2.14. The van der Waals surface area contributed by atoms with E-state index >= 15 is 0 Å². The molecule has 0 radical (unpaired) electrons. The van der Waals surface area contributed by atoms with Gasteiger partial charge in [-0.1, -0.05) is 16.8 Å². The summed E-state index contributed by atoms with van der Waals surface area (Å²) in [5.74, 6) is 0.699. The van der Waals surface area contributed by atoms with Gasteiger partial charge in [0, 0.05) is 17.2 Å². The zero-order chi connectivity index (χ0) is 14.0. The van der Waals surface area contributed by atoms with Gasteiger partial charge in [0.1, 0.15) is 11.5 Å². The Morgan fingerprint density at radius 3 is 2.68 bits per heavy atom. The molecule has 100 valence electrons. The highest BCUT2D eigenvalue weighted by Crippen LogP contribution is 2.31. The summed E-state index contributed by atoms with van der Waals surface area (Å²) in [6.07, 6.45) is 0. The molecule has 0 fully saturated rings. The molecule has 0 saturated heterocycles. The molecule has 5 nitrogen and oxygen atoms in total. The number of aromatic nitrogens is 1. The van der Waals surface area contributed by atoms with Gasteiger partial charge in [-0.05, 0) is 25.5 Å². The van der Waals surface area contributed by atoms with E-state index in [9.17, 15) is 4.79 Å². The van der Waals surface area contributed by atoms with Crippen LogP contribution in [0, 0.1) is 13.8 Å². The van der Waals surface area contributed by atoms with Gasteiger partial charge in [-0.25, -0.2) is 0 Å². The maximum absolute atomic E-state index is 12.0. The van der Waals surface area contributed by atoms with Crippen LogP contribution in [0.4, 0.5) is 5.69 Å². The van der Waals surface area contributed by atoms with Crippen molar-refractivity contribution in [1.82, 2.24) is 5.16 Å². The van der Waals surface area contributed by atoms with Crippen molar-refractivity contribution in [2.45, 2.75) is 13.8 Å². The number of methoxy groups -OCH3 is 1. The molecule has 1 N–H and O–H groups in total. The van der Waals surface area contributed by atoms with Crippen molar-refractivity contribution >= 4 is 23.2 Å². The van der Waals surface area contributed by atoms with Crippen molar-refractivity contribution in [3.63, 3.8) is 0 Å². The van der Waals surface area contributed by atoms with Crippen molar-refractivity contribution in [1.29, 1.82) is 0 Å². The summed E-state index contributed by atoms with van der Waals surface area (Å²) in [7, 11) is 1.51. The summed E-state index contributed by atoms with van der Waals surface area (Å²) in [5, 5.41) is 6.94. The summed E-state index contributed by atoms with van der Waals surface area (Å²) in [6.45, 7) is 3.56. The minimum absolute atomic E-state index is 0.215. The number of anilines is 1. The molecule has 1 aromatic heterocycles. The number of aryl methyl sites for hydroxylation is 2. The molecule has 0 atom stereocenters. The molecule has 1 amide bonds. The summed E-state index contributed by atoms with van der Waals surface area (Å²) < 4.78 is 10.0. The van der Waals surface area contributed by atoms with Gasteiger partial charge in [-0.15, -0.1) is 0 Å². The summed E-state index contributed by atoms with van der Waals surface area (Å²) in [4.78, 5) is 12.0. The van der Waals surface area contributed by atoms with Crippen LogP contribution in [0.15, 0.2) is 22.7 Å². The molecule has 0 unspecified atom stereocenters. The number of ether oxygens (including phenoxy) is 1. The van der Waals surface area contributed by atoms with Crippen molar-refractivity contribution in [3.8, 4) is 5.75 Å². The zero-order valence-electron chi connectivity index (χ0n) is 10.8. The molecule has 19 heavy (non-hydrogen) atoms. The SMILES string of the molecule is COc1cc(Cl)c(C)cc1NC(=O)c1cc(C)on1. The Hall–Kier alpha value is -2.01. The molecule has 2 rings (SSSR count). The van der Waals surface area contributed by atoms with Crippen LogP contribution in [0.1, 0.15) is 21.8 Å². The van der Waals surface area contributed by atoms with E-state index < -0.39 is 0 Å². The third-order valence-corrected chi connectivity index (χ3v) is 3.00. The van der Waals surface area contributed by atoms with E-state index in [2.05, 4.69) is 10.5 Å². The van der Waals surface area contributed by atoms with Crippen LogP contribution in [-0.2, 0) is 0 Å². The van der Waals surface area contributed by atoms with Crippen molar-refractivity contribution in [2.24, 2.45) is 0 Å². The Morgan fingerprint density at radius 1 is 1.37 bits per heavy atom. The largest absolute Gasteiger partial charge is 0.495 e. The molecule has 0 bridgehead atoms. The lowest BCUT2D eigenvalue weighted by Gasteiger charge is -2.11. The minimum Gasteiger partial charge on any atom is -0.495 e. The lowest BCUT2D eigenvalue weighted by Crippen LogP contribution is -2.13. The second kappa shape index (κ2) is 5.32. The van der Waals surface area contributed by atoms with Gasteiger partial charge in [-0.2, -0.15) is 0 Å². The maximum atomic E-state index is 12.0. The number of hydrogen-bond donors (Lipinski definition) is 1. The molecule has 0 aliphatic rings. The molecule has 2 aromatic rings. The Balaban J connectivity index is 2.28. The molecule has 0 aliphatic heterocycles. The summed E-state index contributed by atoms with van der Waals surface area (Å²) >= 11 is 6.00. The van der Waals surface area contributed by atoms with Crippen LogP contribution >= 0.6 is 11.6 Å². The molecule has 1 aromatic carbocycles. The third-order valence-electron chi connectivity index (χ3n) is 2.59. The first kappa shape index (κ1) is 13.4. The topological polar surface area (TPSA) is 64.4 Å². The van der Waals surface area contributed by atoms with Gasteiger partial charge in [-0.3, -0.25) is 4.79 Å². The van der Waals surface area contributed by atoms with E-state index in [1.165, 1.54) is 7.11 Å². The van der Waals surface area contributed by atoms with Crippen LogP contribution in [0.25, 0.3) is 0 Å². The van der Waals surface area contributed by atoms with Gasteiger partial charge in [0.05, 0.1) is 12.8 Å². The van der Waals surface area contributed by atoms with Gasteiger partial charge < -0.3 is 14.6 Å². The van der Waals surface area contributed by atoms with Crippen molar-refractivity contribution < 1.29 is 14.1 Å². The lowest BCUT2D eigenvalue weighted by atomic mass is 10.2. The maximum Gasteiger partial charge on any atom is 0.277 e. The van der Waals surface area contributed by atoms with Gasteiger partial charge in [0.25, 0.3) is 5.91 Å². The number of carbonyl (C=O) groups is 1. The van der Waals surface area contributed by atoms with Crippen LogP contribution < -0.4 is 10.1 Å². The van der Waals surface area contributed by atoms with Crippen LogP contribution in [-0.4, -0.2) is 18.2 Å². The van der Waals surface area contributed by atoms with Gasteiger partial charge in [0.2, 0.25) is 0 Å². The summed E-state index contributed by atoms with van der Waals surface area (Å²) in [5.41, 5.74) is 1.59. The van der Waals surface area contributed by atoms with Gasteiger partial charge >= 0.3 is 0 Å². The first-order valence-corrected chi connectivity index (χ1v) is 5.98. The average molecular weight is 281 g/mol. The number of rotatable bonds is 3. The lowest BCUT2D eigenvalue weighted by molar-refractivity contribution is 0.101. The van der Waals surface area contributed by atoms with E-state index in [0.29, 0.717) is 22.2 Å². The number of amides is 1. The van der Waals surface area contributed by atoms with E-state index in [0.717, 1.165) is 5.56 Å². The minimum atomic E-state index is -0.364. The molecular formula is C13H13ClN2O3. The van der Waals surface area contributed by atoms with E-state index in [-0.39, 0.29) is 11.6 Å². The first-order chi connectivity index (χ1) is 9.01. The van der Waals surface area contributed by atoms with Crippen LogP contribution in [0.2, 0.25) is 5.02 Å². The predicted octanol–water partition coefficient (Wildman–Crippen LogP) is 3.21. The fourth-order valence-corrected chi connectivity index (χ4v) is 1.74. The molecule has 0 saturated carbocycles. The zero-order valence-corrected chi connectivity index (χ0v) is 11.5. The second-order valence-corrected chi connectivity index (χ2v) is 4.49. The highest BCUT2D eigenvalue weighted by atomic mass is 35.5. The van der Waals surface area contributed by atoms with E-state index in [1.54, 1.807) is 25.1 Å². The number of carbonyl (C=O) groups excluding carboxylic acids is 1. The van der Waals surface area contributed by atoms with E-state index in [1.807, 2.05) is 6.92 Å². The fourth-order valence-electron chi connectivity index (χ4n) is 1.59. The Morgan fingerprint density at radius 2 is 2.11 bits per heavy atom. The Labute approximate surface area is 115 Å². The molecule has 0 spiro atoms. The predicted molar refractivity (Wildman–Crippen MR) is 71.9 cm³/mol. The smallest absolute Gasteiger partial charge is 0.277 e. The molecule has 1 heterocycles. The van der Waals surface area contributed by atoms with Crippen LogP contribution in [0.3, 0.4) is 0 Å². The monoisotopic (exact) mass is 280 g/mol. The quantitative estimate of drug-likeness (QED) is 0.938. The standard InChI is InChI=1S/C13H13ClN2O3/c1-7-4-10(12(18-3)6-9(7)14)15-13(17)11-5-8(2)19-16-11/h4-6H,1-3H3,(H,15,17). The number of nitrogens with one attached hydrogen (secondary N) is 1. The normalized spacial score (nSPS) is 10.3. The molecule has 6 heteroatoms. The Bertz CT molecular complexity index is 622. The second-order valence-electron chi connectivity index (χ2n) is 4.08. The third kappa shape index (κ3) is 2.88. The number of nitrogens with zero attached hydrogens (tertiary/aromatic N) is 1.